The van der Waals surface area contributed by atoms with E-state index in [0.29, 0.717) is 0 Å². The quantitative estimate of drug-likeness (QED) is 0.738. The Balaban J connectivity index is 2.54. The first kappa shape index (κ1) is 11.2. The SMILES string of the molecule is CNC(c1c[nH]c2ccccc12)C(C)(C)N. The number of nitrogens with two attached hydrogens (primary N) is 1. The molecule has 2 rings (SSSR count). The molecule has 86 valence electrons. The Morgan fingerprint density at radius 2 is 2.00 bits per heavy atom. The molecule has 0 aliphatic carbocycles. The number of rotatable bonds is 3. The van der Waals surface area contributed by atoms with Crippen LogP contribution in [0.1, 0.15) is 25.5 Å². The lowest BCUT2D eigenvalue weighted by molar-refractivity contribution is 0.372. The van der Waals surface area contributed by atoms with E-state index in [1.165, 1.54) is 10.9 Å². The van der Waals surface area contributed by atoms with Gasteiger partial charge in [0.2, 0.25) is 0 Å². The van der Waals surface area contributed by atoms with E-state index in [1.54, 1.807) is 0 Å². The van der Waals surface area contributed by atoms with Gasteiger partial charge in [-0.1, -0.05) is 18.2 Å². The van der Waals surface area contributed by atoms with Gasteiger partial charge in [-0.25, -0.2) is 0 Å². The Morgan fingerprint density at radius 1 is 1.31 bits per heavy atom. The Kier molecular flexibility index (Phi) is 2.74. The normalized spacial score (nSPS) is 14.2. The van der Waals surface area contributed by atoms with Gasteiger partial charge in [-0.15, -0.1) is 0 Å². The van der Waals surface area contributed by atoms with Crippen molar-refractivity contribution in [2.75, 3.05) is 7.05 Å². The number of H-pyrrole nitrogens is 1. The van der Waals surface area contributed by atoms with Gasteiger partial charge in [0.25, 0.3) is 0 Å². The van der Waals surface area contributed by atoms with E-state index in [2.05, 4.69) is 28.5 Å². The van der Waals surface area contributed by atoms with Crippen molar-refractivity contribution in [3.63, 3.8) is 0 Å². The van der Waals surface area contributed by atoms with Gasteiger partial charge < -0.3 is 16.0 Å². The van der Waals surface area contributed by atoms with Gasteiger partial charge in [0.15, 0.2) is 0 Å². The molecule has 0 bridgehead atoms. The van der Waals surface area contributed by atoms with E-state index >= 15 is 0 Å². The van der Waals surface area contributed by atoms with Crippen LogP contribution in [0, 0.1) is 0 Å². The third-order valence-corrected chi connectivity index (χ3v) is 2.96. The number of hydrogen-bond donors (Lipinski definition) is 3. The highest BCUT2D eigenvalue weighted by Gasteiger charge is 2.27. The molecule has 0 spiro atoms. The molecule has 16 heavy (non-hydrogen) atoms. The molecular formula is C13H19N3. The minimum absolute atomic E-state index is 0.142. The van der Waals surface area contributed by atoms with Crippen LogP contribution < -0.4 is 11.1 Å². The molecule has 0 aliphatic heterocycles. The molecule has 4 N–H and O–H groups in total. The predicted molar refractivity (Wildman–Crippen MR) is 68.4 cm³/mol. The van der Waals surface area contributed by atoms with Gasteiger partial charge in [0.05, 0.1) is 6.04 Å². The molecule has 3 nitrogen and oxygen atoms in total. The molecule has 1 aromatic carbocycles. The monoisotopic (exact) mass is 217 g/mol. The average molecular weight is 217 g/mol. The van der Waals surface area contributed by atoms with Crippen molar-refractivity contribution in [2.24, 2.45) is 5.73 Å². The number of hydrogen-bond acceptors (Lipinski definition) is 2. The number of likely N-dealkylation sites (N-methyl/N-ethyl adjacent to an activating group) is 1. The second-order valence-corrected chi connectivity index (χ2v) is 4.83. The standard InChI is InChI=1S/C13H19N3/c1-13(2,14)12(15-3)10-8-16-11-7-5-4-6-9(10)11/h4-8,12,15-16H,14H2,1-3H3. The maximum absolute atomic E-state index is 6.20. The molecule has 2 aromatic rings. The highest BCUT2D eigenvalue weighted by atomic mass is 15.0. The van der Waals surface area contributed by atoms with Crippen molar-refractivity contribution in [3.8, 4) is 0 Å². The summed E-state index contributed by atoms with van der Waals surface area (Å²) in [5, 5.41) is 4.53. The van der Waals surface area contributed by atoms with Gasteiger partial charge in [-0.05, 0) is 32.5 Å². The number of para-hydroxylation sites is 1. The molecule has 1 atom stereocenters. The number of benzene rings is 1. The van der Waals surface area contributed by atoms with Crippen LogP contribution in [0.4, 0.5) is 0 Å². The van der Waals surface area contributed by atoms with Gasteiger partial charge >= 0.3 is 0 Å². The van der Waals surface area contributed by atoms with Crippen LogP contribution in [0.25, 0.3) is 10.9 Å². The minimum atomic E-state index is -0.292. The third kappa shape index (κ3) is 1.84. The molecule has 0 fully saturated rings. The Morgan fingerprint density at radius 3 is 2.62 bits per heavy atom. The van der Waals surface area contributed by atoms with Gasteiger partial charge in [-0.3, -0.25) is 0 Å². The Bertz CT molecular complexity index is 479. The summed E-state index contributed by atoms with van der Waals surface area (Å²) in [5.41, 5.74) is 8.29. The summed E-state index contributed by atoms with van der Waals surface area (Å²) in [4.78, 5) is 3.28. The zero-order valence-electron chi connectivity index (χ0n) is 10.0. The largest absolute Gasteiger partial charge is 0.361 e. The van der Waals surface area contributed by atoms with Crippen LogP contribution in [0.15, 0.2) is 30.5 Å². The van der Waals surface area contributed by atoms with Crippen molar-refractivity contribution in [1.82, 2.24) is 10.3 Å². The molecular weight excluding hydrogens is 198 g/mol. The lowest BCUT2D eigenvalue weighted by Gasteiger charge is -2.30. The van der Waals surface area contributed by atoms with Gasteiger partial charge in [0.1, 0.15) is 0 Å². The first-order valence-corrected chi connectivity index (χ1v) is 5.56. The Hall–Kier alpha value is -1.32. The topological polar surface area (TPSA) is 53.8 Å². The number of aromatic amines is 1. The summed E-state index contributed by atoms with van der Waals surface area (Å²) in [6.45, 7) is 4.08. The molecule has 0 radical (unpaired) electrons. The zero-order chi connectivity index (χ0) is 11.8. The van der Waals surface area contributed by atoms with Crippen molar-refractivity contribution in [3.05, 3.63) is 36.0 Å². The molecule has 3 heteroatoms. The summed E-state index contributed by atoms with van der Waals surface area (Å²) in [7, 11) is 1.95. The van der Waals surface area contributed by atoms with E-state index < -0.39 is 0 Å². The number of aromatic nitrogens is 1. The van der Waals surface area contributed by atoms with E-state index in [-0.39, 0.29) is 11.6 Å². The van der Waals surface area contributed by atoms with Crippen molar-refractivity contribution in [1.29, 1.82) is 0 Å². The summed E-state index contributed by atoms with van der Waals surface area (Å²) in [6.07, 6.45) is 2.04. The van der Waals surface area contributed by atoms with Gasteiger partial charge in [-0.2, -0.15) is 0 Å². The van der Waals surface area contributed by atoms with Crippen LogP contribution in [0.3, 0.4) is 0 Å². The maximum atomic E-state index is 6.20. The molecule has 1 aromatic heterocycles. The van der Waals surface area contributed by atoms with E-state index in [4.69, 9.17) is 5.73 Å². The van der Waals surface area contributed by atoms with Crippen LogP contribution in [-0.2, 0) is 0 Å². The summed E-state index contributed by atoms with van der Waals surface area (Å²) in [5.74, 6) is 0. The number of nitrogens with one attached hydrogen (secondary N) is 2. The van der Waals surface area contributed by atoms with E-state index in [9.17, 15) is 0 Å². The van der Waals surface area contributed by atoms with Crippen LogP contribution >= 0.6 is 0 Å². The average Bonchev–Trinajstić information content (AvgIpc) is 2.61. The van der Waals surface area contributed by atoms with Crippen LogP contribution in [-0.4, -0.2) is 17.6 Å². The lowest BCUT2D eigenvalue weighted by atomic mass is 9.89. The summed E-state index contributed by atoms with van der Waals surface area (Å²) < 4.78 is 0. The first-order valence-electron chi connectivity index (χ1n) is 5.56. The number of fused-ring (bicyclic) bond motifs is 1. The van der Waals surface area contributed by atoms with Crippen LogP contribution in [0.5, 0.6) is 0 Å². The molecule has 0 amide bonds. The second-order valence-electron chi connectivity index (χ2n) is 4.83. The van der Waals surface area contributed by atoms with Crippen molar-refractivity contribution >= 4 is 10.9 Å². The molecule has 1 heterocycles. The molecule has 1 unspecified atom stereocenters. The fourth-order valence-electron chi connectivity index (χ4n) is 2.26. The predicted octanol–water partition coefficient (Wildman–Crippen LogP) is 2.17. The second kappa shape index (κ2) is 3.92. The third-order valence-electron chi connectivity index (χ3n) is 2.96. The summed E-state index contributed by atoms with van der Waals surface area (Å²) in [6, 6.07) is 8.43. The highest BCUT2D eigenvalue weighted by Crippen LogP contribution is 2.29. The Labute approximate surface area is 96.0 Å². The maximum Gasteiger partial charge on any atom is 0.0516 e. The fourth-order valence-corrected chi connectivity index (χ4v) is 2.26. The highest BCUT2D eigenvalue weighted by molar-refractivity contribution is 5.83. The minimum Gasteiger partial charge on any atom is -0.361 e. The van der Waals surface area contributed by atoms with Crippen molar-refractivity contribution < 1.29 is 0 Å². The first-order chi connectivity index (χ1) is 7.54. The van der Waals surface area contributed by atoms with Crippen LogP contribution in [0.2, 0.25) is 0 Å². The molecule has 0 saturated heterocycles. The smallest absolute Gasteiger partial charge is 0.0516 e. The summed E-state index contributed by atoms with van der Waals surface area (Å²) >= 11 is 0. The van der Waals surface area contributed by atoms with Gasteiger partial charge in [0, 0.05) is 22.6 Å². The van der Waals surface area contributed by atoms with E-state index in [1.807, 2.05) is 33.2 Å². The lowest BCUT2D eigenvalue weighted by Crippen LogP contribution is -2.45. The molecule has 0 aliphatic rings. The molecule has 0 saturated carbocycles. The van der Waals surface area contributed by atoms with E-state index in [0.717, 1.165) is 5.52 Å². The fraction of sp³-hybridized carbons (Fsp3) is 0.385. The van der Waals surface area contributed by atoms with Crippen molar-refractivity contribution in [2.45, 2.75) is 25.4 Å². The zero-order valence-corrected chi connectivity index (χ0v) is 10.0.